The fourth-order valence-electron chi connectivity index (χ4n) is 7.00. The summed E-state index contributed by atoms with van der Waals surface area (Å²) in [5.74, 6) is 0.0439. The molecule has 3 aromatic carbocycles. The van der Waals surface area contributed by atoms with E-state index < -0.39 is 26.3 Å². The van der Waals surface area contributed by atoms with Gasteiger partial charge >= 0.3 is 6.29 Å². The summed E-state index contributed by atoms with van der Waals surface area (Å²) in [6.45, 7) is 7.41. The number of fused-ring (bicyclic) bond motifs is 2. The Hall–Kier alpha value is -2.81. The van der Waals surface area contributed by atoms with Gasteiger partial charge in [-0.25, -0.2) is 4.39 Å². The Labute approximate surface area is 228 Å². The smallest absolute Gasteiger partial charge is 0.406 e. The van der Waals surface area contributed by atoms with E-state index in [1.165, 1.54) is 16.4 Å². The van der Waals surface area contributed by atoms with Crippen LogP contribution in [0.25, 0.3) is 0 Å². The van der Waals surface area contributed by atoms with Crippen molar-refractivity contribution in [3.63, 3.8) is 0 Å². The van der Waals surface area contributed by atoms with Gasteiger partial charge in [0.15, 0.2) is 11.5 Å². The molecule has 0 N–H and O–H groups in total. The van der Waals surface area contributed by atoms with Gasteiger partial charge < -0.3 is 13.9 Å². The zero-order valence-corrected chi connectivity index (χ0v) is 23.5. The molecule has 3 aliphatic rings. The third kappa shape index (κ3) is 4.46. The number of ether oxygens (including phenoxy) is 2. The van der Waals surface area contributed by atoms with E-state index in [2.05, 4.69) is 78.9 Å². The van der Waals surface area contributed by atoms with Gasteiger partial charge in [-0.05, 0) is 45.9 Å². The van der Waals surface area contributed by atoms with Crippen molar-refractivity contribution < 1.29 is 27.1 Å². The Morgan fingerprint density at radius 2 is 1.54 bits per heavy atom. The number of benzene rings is 3. The molecule has 0 aromatic heterocycles. The average Bonchev–Trinajstić information content (AvgIpc) is 3.51. The number of halogens is 3. The van der Waals surface area contributed by atoms with Crippen LogP contribution in [0.1, 0.15) is 51.6 Å². The first-order chi connectivity index (χ1) is 18.5. The van der Waals surface area contributed by atoms with E-state index in [4.69, 9.17) is 9.16 Å². The van der Waals surface area contributed by atoms with Crippen LogP contribution >= 0.6 is 0 Å². The van der Waals surface area contributed by atoms with Crippen molar-refractivity contribution in [2.75, 3.05) is 13.2 Å². The standard InChI is InChI=1S/C31H34F3NO3Si/c1-29(2,3)39(24-10-6-4-7-11-24,25-12-8-5-9-13-25)36-21-30-17-16-26(35(30)20-23(32)19-30)22-14-15-27-28(18-22)38-31(33,34)37-27/h4-15,18,23,26H,16-17,19-21H2,1-3H3/t23-,26-,30+/m1/s1. The first-order valence-electron chi connectivity index (χ1n) is 13.6. The number of alkyl halides is 3. The van der Waals surface area contributed by atoms with Crippen molar-refractivity contribution in [3.8, 4) is 11.5 Å². The lowest BCUT2D eigenvalue weighted by Gasteiger charge is -2.46. The van der Waals surface area contributed by atoms with E-state index in [-0.39, 0.29) is 22.6 Å². The molecule has 3 aromatic rings. The van der Waals surface area contributed by atoms with Crippen LogP contribution in [0.3, 0.4) is 0 Å². The molecule has 0 amide bonds. The molecule has 0 saturated carbocycles. The monoisotopic (exact) mass is 553 g/mol. The maximum atomic E-state index is 15.2. The van der Waals surface area contributed by atoms with Gasteiger partial charge in [-0.1, -0.05) is 87.5 Å². The first-order valence-corrected chi connectivity index (χ1v) is 15.5. The van der Waals surface area contributed by atoms with Crippen molar-refractivity contribution in [1.29, 1.82) is 0 Å². The number of hydrogen-bond acceptors (Lipinski definition) is 4. The minimum absolute atomic E-state index is 0.0211. The maximum Gasteiger partial charge on any atom is 0.586 e. The minimum Gasteiger partial charge on any atom is -0.406 e. The van der Waals surface area contributed by atoms with Crippen LogP contribution in [-0.4, -0.2) is 44.4 Å². The molecule has 2 saturated heterocycles. The van der Waals surface area contributed by atoms with Crippen LogP contribution in [0, 0.1) is 0 Å². The predicted octanol–water partition coefficient (Wildman–Crippen LogP) is 6.20. The normalized spacial score (nSPS) is 26.1. The van der Waals surface area contributed by atoms with Crippen LogP contribution in [0.2, 0.25) is 5.04 Å². The summed E-state index contributed by atoms with van der Waals surface area (Å²) < 4.78 is 59.0. The number of hydrogen-bond donors (Lipinski definition) is 0. The molecule has 0 radical (unpaired) electrons. The lowest BCUT2D eigenvalue weighted by atomic mass is 9.94. The van der Waals surface area contributed by atoms with Crippen molar-refractivity contribution in [1.82, 2.24) is 4.90 Å². The molecule has 4 nitrogen and oxygen atoms in total. The molecule has 0 bridgehead atoms. The molecule has 0 aliphatic carbocycles. The van der Waals surface area contributed by atoms with Crippen molar-refractivity contribution in [2.24, 2.45) is 0 Å². The third-order valence-electron chi connectivity index (χ3n) is 8.65. The summed E-state index contributed by atoms with van der Waals surface area (Å²) in [5, 5.41) is 2.19. The zero-order valence-electron chi connectivity index (χ0n) is 22.5. The molecule has 206 valence electrons. The SMILES string of the molecule is CC(C)(C)[Si](OC[C@@]12CC[C@H](c3ccc4c(c3)OC(F)(F)O4)N1C[C@H](F)C2)(c1ccccc1)c1ccccc1. The maximum absolute atomic E-state index is 15.2. The van der Waals surface area contributed by atoms with E-state index in [1.54, 1.807) is 12.1 Å². The van der Waals surface area contributed by atoms with Gasteiger partial charge in [0.2, 0.25) is 0 Å². The molecular formula is C31H34F3NO3Si. The highest BCUT2D eigenvalue weighted by Crippen LogP contribution is 2.52. The van der Waals surface area contributed by atoms with Crippen LogP contribution in [0.5, 0.6) is 11.5 Å². The van der Waals surface area contributed by atoms with E-state index in [1.807, 2.05) is 12.1 Å². The first kappa shape index (κ1) is 26.4. The van der Waals surface area contributed by atoms with E-state index in [0.717, 1.165) is 18.4 Å². The minimum atomic E-state index is -3.66. The predicted molar refractivity (Wildman–Crippen MR) is 147 cm³/mol. The lowest BCUT2D eigenvalue weighted by molar-refractivity contribution is -0.286. The largest absolute Gasteiger partial charge is 0.586 e. The second-order valence-electron chi connectivity index (χ2n) is 12.1. The van der Waals surface area contributed by atoms with Gasteiger partial charge in [0.1, 0.15) is 6.17 Å². The summed E-state index contributed by atoms with van der Waals surface area (Å²) in [4.78, 5) is 2.21. The second-order valence-corrected chi connectivity index (χ2v) is 16.4. The third-order valence-corrected chi connectivity index (χ3v) is 13.6. The highest BCUT2D eigenvalue weighted by Gasteiger charge is 2.57. The van der Waals surface area contributed by atoms with Crippen LogP contribution < -0.4 is 19.8 Å². The fourth-order valence-corrected chi connectivity index (χ4v) is 11.6. The Kier molecular flexibility index (Phi) is 6.36. The lowest BCUT2D eigenvalue weighted by Crippen LogP contribution is -2.68. The Bertz CT molecular complexity index is 1290. The molecule has 3 aliphatic heterocycles. The van der Waals surface area contributed by atoms with E-state index in [0.29, 0.717) is 19.6 Å². The second kappa shape index (κ2) is 9.39. The van der Waals surface area contributed by atoms with Crippen molar-refractivity contribution in [2.45, 2.75) is 69.1 Å². The molecule has 39 heavy (non-hydrogen) atoms. The van der Waals surface area contributed by atoms with E-state index >= 15 is 4.39 Å². The van der Waals surface area contributed by atoms with Gasteiger partial charge in [-0.2, -0.15) is 0 Å². The summed E-state index contributed by atoms with van der Waals surface area (Å²) in [6, 6.07) is 25.7. The van der Waals surface area contributed by atoms with Crippen molar-refractivity contribution in [3.05, 3.63) is 84.4 Å². The highest BCUT2D eigenvalue weighted by molar-refractivity contribution is 6.99. The molecule has 0 unspecified atom stereocenters. The van der Waals surface area contributed by atoms with Gasteiger partial charge in [0.05, 0.1) is 6.61 Å². The van der Waals surface area contributed by atoms with Crippen LogP contribution in [0.4, 0.5) is 13.2 Å². The van der Waals surface area contributed by atoms with Gasteiger partial charge in [-0.15, -0.1) is 8.78 Å². The van der Waals surface area contributed by atoms with Gasteiger partial charge in [-0.3, -0.25) is 4.90 Å². The number of nitrogens with zero attached hydrogens (tertiary/aromatic N) is 1. The quantitative estimate of drug-likeness (QED) is 0.340. The molecular weight excluding hydrogens is 519 g/mol. The number of rotatable bonds is 6. The molecule has 2 fully saturated rings. The van der Waals surface area contributed by atoms with Crippen LogP contribution in [0.15, 0.2) is 78.9 Å². The molecule has 8 heteroatoms. The van der Waals surface area contributed by atoms with Crippen LogP contribution in [-0.2, 0) is 4.43 Å². The Morgan fingerprint density at radius 1 is 0.923 bits per heavy atom. The summed E-state index contributed by atoms with van der Waals surface area (Å²) in [7, 11) is -2.80. The van der Waals surface area contributed by atoms with Gasteiger partial charge in [0, 0.05) is 24.5 Å². The summed E-state index contributed by atoms with van der Waals surface area (Å²) in [6.07, 6.45) is -2.70. The molecule has 3 heterocycles. The zero-order chi connectivity index (χ0) is 27.5. The van der Waals surface area contributed by atoms with Crippen molar-refractivity contribution >= 4 is 18.7 Å². The molecule has 6 rings (SSSR count). The molecule has 0 spiro atoms. The highest BCUT2D eigenvalue weighted by atomic mass is 28.4. The molecule has 3 atom stereocenters. The Morgan fingerprint density at radius 3 is 2.15 bits per heavy atom. The van der Waals surface area contributed by atoms with Gasteiger partial charge in [0.25, 0.3) is 8.32 Å². The summed E-state index contributed by atoms with van der Waals surface area (Å²) >= 11 is 0. The summed E-state index contributed by atoms with van der Waals surface area (Å²) in [5.41, 5.74) is 0.355. The topological polar surface area (TPSA) is 30.9 Å². The Balaban J connectivity index is 1.35. The fraction of sp³-hybridized carbons (Fsp3) is 0.419. The van der Waals surface area contributed by atoms with E-state index in [9.17, 15) is 8.78 Å². The average molecular weight is 554 g/mol.